The molecule has 0 bridgehead atoms. The molecule has 7 nitrogen and oxygen atoms in total. The highest BCUT2D eigenvalue weighted by Gasteiger charge is 2.11. The molecule has 0 saturated heterocycles. The molecule has 0 fully saturated rings. The molecule has 134 valence electrons. The number of carbonyl (C=O) groups is 1. The number of alkyl halides is 1. The number of halogens is 1. The van der Waals surface area contributed by atoms with Crippen LogP contribution in [0.5, 0.6) is 0 Å². The fraction of sp³-hybridized carbons (Fsp3) is 0.438. The summed E-state index contributed by atoms with van der Waals surface area (Å²) in [5, 5.41) is 20.3. The van der Waals surface area contributed by atoms with Gasteiger partial charge in [-0.3, -0.25) is 4.79 Å². The van der Waals surface area contributed by atoms with Crippen LogP contribution in [0.4, 0.5) is 22.2 Å². The van der Waals surface area contributed by atoms with Gasteiger partial charge in [0.25, 0.3) is 5.13 Å². The number of aromatic nitrogens is 2. The van der Waals surface area contributed by atoms with Crippen molar-refractivity contribution in [3.05, 3.63) is 23.2 Å². The van der Waals surface area contributed by atoms with Crippen LogP contribution in [-0.2, 0) is 4.79 Å². The van der Waals surface area contributed by atoms with Crippen molar-refractivity contribution < 1.29 is 4.79 Å². The smallest absolute Gasteiger partial charge is 0.251 e. The zero-order chi connectivity index (χ0) is 18.2. The van der Waals surface area contributed by atoms with E-state index in [9.17, 15) is 4.79 Å². The molecule has 2 rings (SSSR count). The average molecular weight is 381 g/mol. The Morgan fingerprint density at radius 2 is 2.04 bits per heavy atom. The molecule has 2 aromatic rings. The van der Waals surface area contributed by atoms with Crippen LogP contribution in [0.2, 0.25) is 0 Å². The van der Waals surface area contributed by atoms with Crippen molar-refractivity contribution in [3.8, 4) is 0 Å². The molecule has 0 radical (unpaired) electrons. The van der Waals surface area contributed by atoms with E-state index in [0.717, 1.165) is 23.8 Å². The van der Waals surface area contributed by atoms with Crippen molar-refractivity contribution in [1.82, 2.24) is 10.2 Å². The molecule has 0 aliphatic heterocycles. The van der Waals surface area contributed by atoms with Crippen LogP contribution >= 0.6 is 22.9 Å². The summed E-state index contributed by atoms with van der Waals surface area (Å²) in [6.07, 6.45) is 0.239. The maximum Gasteiger partial charge on any atom is 0.251 e. The summed E-state index contributed by atoms with van der Waals surface area (Å²) in [6.45, 7) is 7.77. The predicted molar refractivity (Wildman–Crippen MR) is 103 cm³/mol. The van der Waals surface area contributed by atoms with E-state index in [2.05, 4.69) is 44.5 Å². The first-order valence-corrected chi connectivity index (χ1v) is 9.39. The minimum Gasteiger partial charge on any atom is -0.372 e. The van der Waals surface area contributed by atoms with Crippen LogP contribution in [0.1, 0.15) is 25.3 Å². The first-order chi connectivity index (χ1) is 12.1. The number of nitrogens with one attached hydrogen (secondary N) is 1. The standard InChI is InChI=1S/C16H21ClN6OS/c1-4-23(5-2)12-6-7-13(14(10-12)18-15(24)8-9-17)20-22-16-21-19-11(3)25-16/h6-7,10H,4-5,8-9H2,1-3H3,(H,18,24). The Morgan fingerprint density at radius 1 is 1.28 bits per heavy atom. The number of benzene rings is 1. The maximum absolute atomic E-state index is 12.0. The van der Waals surface area contributed by atoms with Crippen molar-refractivity contribution in [2.75, 3.05) is 29.2 Å². The highest BCUT2D eigenvalue weighted by Crippen LogP contribution is 2.32. The molecule has 25 heavy (non-hydrogen) atoms. The van der Waals surface area contributed by atoms with Gasteiger partial charge in [-0.15, -0.1) is 32.0 Å². The van der Waals surface area contributed by atoms with Gasteiger partial charge in [0.2, 0.25) is 5.91 Å². The molecular formula is C16H21ClN6OS. The van der Waals surface area contributed by atoms with Crippen LogP contribution in [0.3, 0.4) is 0 Å². The van der Waals surface area contributed by atoms with E-state index in [1.54, 1.807) is 0 Å². The summed E-state index contributed by atoms with van der Waals surface area (Å²) in [4.78, 5) is 14.1. The second-order valence-corrected chi connectivity index (χ2v) is 6.70. The van der Waals surface area contributed by atoms with E-state index in [-0.39, 0.29) is 18.2 Å². The van der Waals surface area contributed by atoms with E-state index in [4.69, 9.17) is 11.6 Å². The molecule has 1 amide bonds. The van der Waals surface area contributed by atoms with Gasteiger partial charge in [0.1, 0.15) is 10.7 Å². The zero-order valence-electron chi connectivity index (χ0n) is 14.5. The molecule has 9 heteroatoms. The molecule has 0 aliphatic carbocycles. The summed E-state index contributed by atoms with van der Waals surface area (Å²) < 4.78 is 0. The Hall–Kier alpha value is -2.06. The lowest BCUT2D eigenvalue weighted by Crippen LogP contribution is -2.22. The summed E-state index contributed by atoms with van der Waals surface area (Å²) in [5.74, 6) is 0.109. The van der Waals surface area contributed by atoms with Crippen molar-refractivity contribution in [2.45, 2.75) is 27.2 Å². The fourth-order valence-corrected chi connectivity index (χ4v) is 2.90. The van der Waals surface area contributed by atoms with Gasteiger partial charge in [0.05, 0.1) is 5.69 Å². The monoisotopic (exact) mass is 380 g/mol. The second kappa shape index (κ2) is 9.43. The number of hydrogen-bond acceptors (Lipinski definition) is 7. The number of azo groups is 1. The Kier molecular flexibility index (Phi) is 7.27. The van der Waals surface area contributed by atoms with Gasteiger partial charge in [-0.2, -0.15) is 0 Å². The lowest BCUT2D eigenvalue weighted by atomic mass is 10.2. The van der Waals surface area contributed by atoms with Crippen molar-refractivity contribution in [2.24, 2.45) is 10.2 Å². The third-order valence-electron chi connectivity index (χ3n) is 3.46. The molecule has 0 unspecified atom stereocenters. The molecular weight excluding hydrogens is 360 g/mol. The second-order valence-electron chi connectivity index (χ2n) is 5.16. The van der Waals surface area contributed by atoms with Gasteiger partial charge >= 0.3 is 0 Å². The highest BCUT2D eigenvalue weighted by molar-refractivity contribution is 7.14. The SMILES string of the molecule is CCN(CC)c1ccc(N=Nc2nnc(C)s2)c(NC(=O)CCCl)c1. The molecule has 1 aromatic heterocycles. The maximum atomic E-state index is 12.0. The normalized spacial score (nSPS) is 11.0. The summed E-state index contributed by atoms with van der Waals surface area (Å²) >= 11 is 7.00. The minimum atomic E-state index is -0.157. The molecule has 0 atom stereocenters. The number of rotatable bonds is 8. The number of hydrogen-bond donors (Lipinski definition) is 1. The molecule has 0 saturated carbocycles. The van der Waals surface area contributed by atoms with Crippen LogP contribution in [0.15, 0.2) is 28.4 Å². The van der Waals surface area contributed by atoms with Crippen molar-refractivity contribution in [1.29, 1.82) is 0 Å². The molecule has 0 spiro atoms. The summed E-state index contributed by atoms with van der Waals surface area (Å²) in [6, 6.07) is 5.70. The molecule has 1 N–H and O–H groups in total. The lowest BCUT2D eigenvalue weighted by Gasteiger charge is -2.22. The summed E-state index contributed by atoms with van der Waals surface area (Å²) in [5.41, 5.74) is 2.17. The molecule has 1 aromatic carbocycles. The number of aryl methyl sites for hydroxylation is 1. The van der Waals surface area contributed by atoms with Gasteiger partial charge in [0, 0.05) is 31.1 Å². The Morgan fingerprint density at radius 3 is 2.64 bits per heavy atom. The van der Waals surface area contributed by atoms with E-state index in [1.165, 1.54) is 11.3 Å². The third-order valence-corrected chi connectivity index (χ3v) is 4.37. The van der Waals surface area contributed by atoms with E-state index in [0.29, 0.717) is 16.5 Å². The lowest BCUT2D eigenvalue weighted by molar-refractivity contribution is -0.115. The zero-order valence-corrected chi connectivity index (χ0v) is 16.1. The van der Waals surface area contributed by atoms with Crippen LogP contribution < -0.4 is 10.2 Å². The summed E-state index contributed by atoms with van der Waals surface area (Å²) in [7, 11) is 0. The predicted octanol–water partition coefficient (Wildman–Crippen LogP) is 4.68. The fourth-order valence-electron chi connectivity index (χ4n) is 2.22. The van der Waals surface area contributed by atoms with Gasteiger partial charge in [-0.05, 0) is 39.0 Å². The topological polar surface area (TPSA) is 82.8 Å². The average Bonchev–Trinajstić information content (AvgIpc) is 3.01. The van der Waals surface area contributed by atoms with Crippen LogP contribution in [0.25, 0.3) is 0 Å². The molecule has 0 aliphatic rings. The van der Waals surface area contributed by atoms with E-state index < -0.39 is 0 Å². The van der Waals surface area contributed by atoms with Crippen molar-refractivity contribution >= 4 is 51.0 Å². The number of anilines is 2. The number of amides is 1. The van der Waals surface area contributed by atoms with Gasteiger partial charge in [-0.25, -0.2) is 0 Å². The van der Waals surface area contributed by atoms with Crippen LogP contribution in [0, 0.1) is 6.92 Å². The largest absolute Gasteiger partial charge is 0.372 e. The first-order valence-electron chi connectivity index (χ1n) is 8.04. The molecule has 1 heterocycles. The Labute approximate surface area is 156 Å². The number of carbonyl (C=O) groups excluding carboxylic acids is 1. The Balaban J connectivity index is 2.32. The van der Waals surface area contributed by atoms with E-state index in [1.807, 2.05) is 25.1 Å². The van der Waals surface area contributed by atoms with E-state index >= 15 is 0 Å². The first kappa shape index (κ1) is 19.3. The minimum absolute atomic E-state index is 0.157. The van der Waals surface area contributed by atoms with Gasteiger partial charge in [-0.1, -0.05) is 11.3 Å². The highest BCUT2D eigenvalue weighted by atomic mass is 35.5. The number of nitrogens with zero attached hydrogens (tertiary/aromatic N) is 5. The Bertz CT molecular complexity index is 744. The van der Waals surface area contributed by atoms with Gasteiger partial charge in [0.15, 0.2) is 0 Å². The third kappa shape index (κ3) is 5.47. The van der Waals surface area contributed by atoms with Gasteiger partial charge < -0.3 is 10.2 Å². The van der Waals surface area contributed by atoms with Crippen molar-refractivity contribution in [3.63, 3.8) is 0 Å². The van der Waals surface area contributed by atoms with Crippen LogP contribution in [-0.4, -0.2) is 35.1 Å². The quantitative estimate of drug-likeness (QED) is 0.532.